The molecule has 138 valence electrons. The number of aryl methyl sites for hydroxylation is 1. The summed E-state index contributed by atoms with van der Waals surface area (Å²) >= 11 is 1.24. The average molecular weight is 379 g/mol. The van der Waals surface area contributed by atoms with Gasteiger partial charge in [-0.05, 0) is 35.4 Å². The second-order valence-corrected chi connectivity index (χ2v) is 7.19. The summed E-state index contributed by atoms with van der Waals surface area (Å²) in [5, 5.41) is 5.01. The predicted octanol–water partition coefficient (Wildman–Crippen LogP) is 4.56. The molecule has 0 atom stereocenters. The molecule has 0 spiro atoms. The molecule has 0 aliphatic heterocycles. The third-order valence-corrected chi connectivity index (χ3v) is 4.96. The van der Waals surface area contributed by atoms with E-state index in [4.69, 9.17) is 4.74 Å². The fraction of sp³-hybridized carbons (Fsp3) is 0.182. The minimum atomic E-state index is -0.323. The van der Waals surface area contributed by atoms with E-state index in [2.05, 4.69) is 5.32 Å². The second-order valence-electron chi connectivity index (χ2n) is 6.21. The summed E-state index contributed by atoms with van der Waals surface area (Å²) in [5.41, 5.74) is 2.87. The lowest BCUT2D eigenvalue weighted by Gasteiger charge is -2.08. The molecule has 0 bridgehead atoms. The Labute approximate surface area is 162 Å². The maximum absolute atomic E-state index is 12.0. The highest BCUT2D eigenvalue weighted by atomic mass is 32.2. The zero-order valence-corrected chi connectivity index (χ0v) is 15.9. The molecule has 27 heavy (non-hydrogen) atoms. The molecule has 0 aliphatic carbocycles. The van der Waals surface area contributed by atoms with Gasteiger partial charge in [-0.25, -0.2) is 0 Å². The van der Waals surface area contributed by atoms with Gasteiger partial charge in [-0.1, -0.05) is 60.2 Å². The molecule has 0 radical (unpaired) electrons. The number of benzene rings is 3. The molecule has 0 aromatic heterocycles. The maximum Gasteiger partial charge on any atom is 0.316 e. The van der Waals surface area contributed by atoms with E-state index < -0.39 is 0 Å². The number of anilines is 1. The molecular formula is C22H21NO3S. The van der Waals surface area contributed by atoms with Crippen LogP contribution in [0.3, 0.4) is 0 Å². The Morgan fingerprint density at radius 2 is 1.67 bits per heavy atom. The maximum atomic E-state index is 12.0. The Kier molecular flexibility index (Phi) is 6.49. The molecule has 0 saturated heterocycles. The fourth-order valence-electron chi connectivity index (χ4n) is 2.68. The van der Waals surface area contributed by atoms with Crippen LogP contribution in [-0.4, -0.2) is 23.4 Å². The summed E-state index contributed by atoms with van der Waals surface area (Å²) in [5.74, 6) is -0.106. The smallest absolute Gasteiger partial charge is 0.316 e. The summed E-state index contributed by atoms with van der Waals surface area (Å²) in [4.78, 5) is 23.9. The summed E-state index contributed by atoms with van der Waals surface area (Å²) < 4.78 is 5.36. The Hall–Kier alpha value is -2.79. The quantitative estimate of drug-likeness (QED) is 0.611. The summed E-state index contributed by atoms with van der Waals surface area (Å²) in [6.45, 7) is 2.22. The number of carbonyl (C=O) groups excluding carboxylic acids is 2. The van der Waals surface area contributed by atoms with Crippen molar-refractivity contribution in [1.82, 2.24) is 0 Å². The summed E-state index contributed by atoms with van der Waals surface area (Å²) in [7, 11) is 0. The number of hydrogen-bond donors (Lipinski definition) is 1. The van der Waals surface area contributed by atoms with Crippen molar-refractivity contribution in [3.8, 4) is 0 Å². The molecule has 0 heterocycles. The lowest BCUT2D eigenvalue weighted by atomic mass is 10.1. The lowest BCUT2D eigenvalue weighted by molar-refractivity contribution is -0.141. The average Bonchev–Trinajstić information content (AvgIpc) is 2.68. The molecule has 3 rings (SSSR count). The van der Waals surface area contributed by atoms with Crippen molar-refractivity contribution in [3.63, 3.8) is 0 Å². The van der Waals surface area contributed by atoms with Crippen LogP contribution in [0.15, 0.2) is 66.7 Å². The first kappa shape index (κ1) is 19.0. The molecule has 3 aromatic rings. The molecule has 4 nitrogen and oxygen atoms in total. The van der Waals surface area contributed by atoms with Crippen molar-refractivity contribution < 1.29 is 14.3 Å². The number of amides is 1. The van der Waals surface area contributed by atoms with Crippen LogP contribution in [0.1, 0.15) is 11.1 Å². The van der Waals surface area contributed by atoms with E-state index in [0.717, 1.165) is 27.6 Å². The predicted molar refractivity (Wildman–Crippen MR) is 111 cm³/mol. The number of hydrogen-bond acceptors (Lipinski definition) is 4. The van der Waals surface area contributed by atoms with E-state index in [1.807, 2.05) is 73.7 Å². The number of fused-ring (bicyclic) bond motifs is 1. The van der Waals surface area contributed by atoms with Crippen molar-refractivity contribution in [2.45, 2.75) is 13.5 Å². The summed E-state index contributed by atoms with van der Waals surface area (Å²) in [6.07, 6.45) is 0. The van der Waals surface area contributed by atoms with Crippen LogP contribution in [0.5, 0.6) is 0 Å². The Morgan fingerprint density at radius 1 is 0.926 bits per heavy atom. The van der Waals surface area contributed by atoms with Crippen LogP contribution in [0.25, 0.3) is 10.8 Å². The minimum Gasteiger partial charge on any atom is -0.460 e. The van der Waals surface area contributed by atoms with Crippen LogP contribution in [0, 0.1) is 6.92 Å². The van der Waals surface area contributed by atoms with Crippen molar-refractivity contribution >= 4 is 40.1 Å². The van der Waals surface area contributed by atoms with Crippen molar-refractivity contribution in [1.29, 1.82) is 0 Å². The molecule has 3 aromatic carbocycles. The van der Waals surface area contributed by atoms with Gasteiger partial charge in [0.2, 0.25) is 5.91 Å². The van der Waals surface area contributed by atoms with E-state index >= 15 is 0 Å². The number of carbonyl (C=O) groups is 2. The van der Waals surface area contributed by atoms with Gasteiger partial charge in [0.15, 0.2) is 0 Å². The van der Waals surface area contributed by atoms with Crippen LogP contribution >= 0.6 is 11.8 Å². The summed E-state index contributed by atoms with van der Waals surface area (Å²) in [6, 6.07) is 21.5. The first-order valence-corrected chi connectivity index (χ1v) is 9.84. The van der Waals surface area contributed by atoms with Gasteiger partial charge in [-0.2, -0.15) is 0 Å². The van der Waals surface area contributed by atoms with Gasteiger partial charge in [0.1, 0.15) is 6.61 Å². The van der Waals surface area contributed by atoms with Gasteiger partial charge in [0, 0.05) is 5.69 Å². The Morgan fingerprint density at radius 3 is 2.48 bits per heavy atom. The molecule has 5 heteroatoms. The van der Waals surface area contributed by atoms with Crippen LogP contribution in [0.4, 0.5) is 5.69 Å². The van der Waals surface area contributed by atoms with Gasteiger partial charge in [-0.15, -0.1) is 11.8 Å². The van der Waals surface area contributed by atoms with Gasteiger partial charge in [0.25, 0.3) is 0 Å². The third-order valence-electron chi connectivity index (χ3n) is 4.06. The molecule has 1 N–H and O–H groups in total. The molecule has 0 fully saturated rings. The normalized spacial score (nSPS) is 10.6. The minimum absolute atomic E-state index is 0.134. The third kappa shape index (κ3) is 5.59. The van der Waals surface area contributed by atoms with Gasteiger partial charge >= 0.3 is 5.97 Å². The van der Waals surface area contributed by atoms with Gasteiger partial charge in [-0.3, -0.25) is 9.59 Å². The SMILES string of the molecule is Cc1ccc(NC(=O)CSCC(=O)OCc2cccc3ccccc23)cc1. The zero-order chi connectivity index (χ0) is 19.1. The zero-order valence-electron chi connectivity index (χ0n) is 15.1. The van der Waals surface area contributed by atoms with E-state index in [9.17, 15) is 9.59 Å². The highest BCUT2D eigenvalue weighted by molar-refractivity contribution is 8.00. The van der Waals surface area contributed by atoms with Crippen LogP contribution < -0.4 is 5.32 Å². The standard InChI is InChI=1S/C22H21NO3S/c1-16-9-11-19(12-10-16)23-21(24)14-27-15-22(25)26-13-18-7-4-6-17-5-2-3-8-20(17)18/h2-12H,13-15H2,1H3,(H,23,24). The van der Waals surface area contributed by atoms with Gasteiger partial charge < -0.3 is 10.1 Å². The number of ether oxygens (including phenoxy) is 1. The number of rotatable bonds is 7. The van der Waals surface area contributed by atoms with Gasteiger partial charge in [0.05, 0.1) is 11.5 Å². The van der Waals surface area contributed by atoms with Crippen LogP contribution in [0.2, 0.25) is 0 Å². The monoisotopic (exact) mass is 379 g/mol. The highest BCUT2D eigenvalue weighted by Crippen LogP contribution is 2.19. The number of nitrogens with one attached hydrogen (secondary N) is 1. The van der Waals surface area contributed by atoms with Crippen molar-refractivity contribution in [2.75, 3.05) is 16.8 Å². The number of esters is 1. The first-order chi connectivity index (χ1) is 13.1. The topological polar surface area (TPSA) is 55.4 Å². The molecule has 0 unspecified atom stereocenters. The fourth-order valence-corrected chi connectivity index (χ4v) is 3.29. The lowest BCUT2D eigenvalue weighted by Crippen LogP contribution is -2.16. The number of thioether (sulfide) groups is 1. The Balaban J connectivity index is 1.42. The molecule has 0 aliphatic rings. The largest absolute Gasteiger partial charge is 0.460 e. The van der Waals surface area contributed by atoms with E-state index in [0.29, 0.717) is 0 Å². The highest BCUT2D eigenvalue weighted by Gasteiger charge is 2.08. The molecule has 0 saturated carbocycles. The molecule has 1 amide bonds. The van der Waals surface area contributed by atoms with Crippen LogP contribution in [-0.2, 0) is 20.9 Å². The van der Waals surface area contributed by atoms with Crippen molar-refractivity contribution in [2.24, 2.45) is 0 Å². The second kappa shape index (κ2) is 9.24. The van der Waals surface area contributed by atoms with E-state index in [1.54, 1.807) is 0 Å². The Bertz CT molecular complexity index is 932. The van der Waals surface area contributed by atoms with E-state index in [1.165, 1.54) is 11.8 Å². The van der Waals surface area contributed by atoms with E-state index in [-0.39, 0.29) is 30.0 Å². The van der Waals surface area contributed by atoms with Crippen molar-refractivity contribution in [3.05, 3.63) is 77.9 Å². The molecular weight excluding hydrogens is 358 g/mol. The first-order valence-electron chi connectivity index (χ1n) is 8.68.